The quantitative estimate of drug-likeness (QED) is 0.798. The van der Waals surface area contributed by atoms with Crippen molar-refractivity contribution in [2.45, 2.75) is 19.8 Å². The van der Waals surface area contributed by atoms with Crippen molar-refractivity contribution >= 4 is 29.4 Å². The van der Waals surface area contributed by atoms with Crippen molar-refractivity contribution in [3.05, 3.63) is 28.8 Å². The lowest BCUT2D eigenvalue weighted by Crippen LogP contribution is -2.42. The summed E-state index contributed by atoms with van der Waals surface area (Å²) in [4.78, 5) is 37.3. The van der Waals surface area contributed by atoms with Gasteiger partial charge in [0.1, 0.15) is 11.3 Å². The van der Waals surface area contributed by atoms with Gasteiger partial charge in [0.2, 0.25) is 0 Å². The molecule has 1 N–H and O–H groups in total. The number of rotatable bonds is 5. The SMILES string of the molecule is CCOC(=O)C1CCN(C(=O)COC(=O)c2cc(Cl)ccc2O)CC1. The average Bonchev–Trinajstić information content (AvgIpc) is 2.61. The molecule has 136 valence electrons. The molecule has 8 heteroatoms. The number of carbonyl (C=O) groups excluding carboxylic acids is 3. The zero-order valence-electron chi connectivity index (χ0n) is 13.9. The lowest BCUT2D eigenvalue weighted by molar-refractivity contribution is -0.151. The number of carbonyl (C=O) groups is 3. The summed E-state index contributed by atoms with van der Waals surface area (Å²) in [7, 11) is 0. The number of halogens is 1. The smallest absolute Gasteiger partial charge is 0.342 e. The van der Waals surface area contributed by atoms with Gasteiger partial charge in [-0.2, -0.15) is 0 Å². The highest BCUT2D eigenvalue weighted by atomic mass is 35.5. The Balaban J connectivity index is 1.82. The number of hydrogen-bond acceptors (Lipinski definition) is 6. The predicted octanol–water partition coefficient (Wildman–Crippen LogP) is 2.00. The van der Waals surface area contributed by atoms with Crippen LogP contribution in [0.1, 0.15) is 30.1 Å². The fourth-order valence-corrected chi connectivity index (χ4v) is 2.76. The van der Waals surface area contributed by atoms with E-state index < -0.39 is 12.6 Å². The highest BCUT2D eigenvalue weighted by molar-refractivity contribution is 6.31. The van der Waals surface area contributed by atoms with Crippen molar-refractivity contribution < 1.29 is 29.0 Å². The maximum atomic E-state index is 12.1. The fraction of sp³-hybridized carbons (Fsp3) is 0.471. The Hall–Kier alpha value is -2.28. The number of esters is 2. The molecule has 1 aromatic rings. The normalized spacial score (nSPS) is 14.9. The van der Waals surface area contributed by atoms with Gasteiger partial charge in [-0.05, 0) is 38.0 Å². The van der Waals surface area contributed by atoms with Gasteiger partial charge in [-0.1, -0.05) is 11.6 Å². The topological polar surface area (TPSA) is 93.1 Å². The van der Waals surface area contributed by atoms with E-state index in [0.717, 1.165) is 0 Å². The first-order valence-electron chi connectivity index (χ1n) is 8.02. The Kier molecular flexibility index (Phi) is 6.64. The zero-order valence-corrected chi connectivity index (χ0v) is 14.6. The summed E-state index contributed by atoms with van der Waals surface area (Å²) in [5, 5.41) is 9.92. The molecule has 0 bridgehead atoms. The third kappa shape index (κ3) is 5.09. The highest BCUT2D eigenvalue weighted by Crippen LogP contribution is 2.22. The number of phenolic OH excluding ortho intramolecular Hbond substituents is 1. The molecule has 1 aliphatic heterocycles. The zero-order chi connectivity index (χ0) is 18.4. The van der Waals surface area contributed by atoms with Crippen molar-refractivity contribution in [2.24, 2.45) is 5.92 Å². The van der Waals surface area contributed by atoms with E-state index in [2.05, 4.69) is 0 Å². The molecule has 1 aromatic carbocycles. The van der Waals surface area contributed by atoms with E-state index in [-0.39, 0.29) is 34.1 Å². The van der Waals surface area contributed by atoms with E-state index >= 15 is 0 Å². The summed E-state index contributed by atoms with van der Waals surface area (Å²) in [5.74, 6) is -1.88. The molecule has 1 saturated heterocycles. The molecule has 25 heavy (non-hydrogen) atoms. The van der Waals surface area contributed by atoms with Gasteiger partial charge in [0.05, 0.1) is 12.5 Å². The van der Waals surface area contributed by atoms with E-state index in [4.69, 9.17) is 21.1 Å². The van der Waals surface area contributed by atoms with E-state index in [9.17, 15) is 19.5 Å². The maximum Gasteiger partial charge on any atom is 0.342 e. The number of aromatic hydroxyl groups is 1. The molecule has 0 aliphatic carbocycles. The van der Waals surface area contributed by atoms with Crippen LogP contribution in [0.25, 0.3) is 0 Å². The molecule has 0 unspecified atom stereocenters. The molecule has 1 aliphatic rings. The van der Waals surface area contributed by atoms with Crippen molar-refractivity contribution in [1.82, 2.24) is 4.90 Å². The predicted molar refractivity (Wildman–Crippen MR) is 89.3 cm³/mol. The van der Waals surface area contributed by atoms with Gasteiger partial charge in [0, 0.05) is 18.1 Å². The summed E-state index contributed by atoms with van der Waals surface area (Å²) in [6.07, 6.45) is 1.04. The van der Waals surface area contributed by atoms with Crippen LogP contribution < -0.4 is 0 Å². The number of phenols is 1. The number of hydrogen-bond donors (Lipinski definition) is 1. The first-order valence-corrected chi connectivity index (χ1v) is 8.40. The van der Waals surface area contributed by atoms with Gasteiger partial charge in [-0.15, -0.1) is 0 Å². The first-order chi connectivity index (χ1) is 11.9. The van der Waals surface area contributed by atoms with Gasteiger partial charge in [0.15, 0.2) is 6.61 Å². The van der Waals surface area contributed by atoms with Crippen molar-refractivity contribution in [1.29, 1.82) is 0 Å². The second-order valence-electron chi connectivity index (χ2n) is 5.64. The minimum absolute atomic E-state index is 0.0960. The number of nitrogens with zero attached hydrogens (tertiary/aromatic N) is 1. The molecule has 0 spiro atoms. The second-order valence-corrected chi connectivity index (χ2v) is 6.08. The molecule has 1 fully saturated rings. The minimum Gasteiger partial charge on any atom is -0.507 e. The van der Waals surface area contributed by atoms with Crippen LogP contribution in [0.2, 0.25) is 5.02 Å². The van der Waals surface area contributed by atoms with E-state index in [1.165, 1.54) is 18.2 Å². The second kappa shape index (κ2) is 8.71. The Morgan fingerprint density at radius 2 is 1.92 bits per heavy atom. The maximum absolute atomic E-state index is 12.1. The highest BCUT2D eigenvalue weighted by Gasteiger charge is 2.28. The van der Waals surface area contributed by atoms with E-state index in [1.807, 2.05) is 0 Å². The number of amides is 1. The molecule has 2 rings (SSSR count). The largest absolute Gasteiger partial charge is 0.507 e. The van der Waals surface area contributed by atoms with Crippen molar-refractivity contribution in [3.63, 3.8) is 0 Å². The standard InChI is InChI=1S/C17H20ClNO6/c1-2-24-16(22)11-5-7-19(8-6-11)15(21)10-25-17(23)13-9-12(18)3-4-14(13)20/h3-4,9,11,20H,2,5-8,10H2,1H3. The summed E-state index contributed by atoms with van der Waals surface area (Å²) >= 11 is 5.78. The molecule has 1 amide bonds. The molecule has 0 saturated carbocycles. The number of ether oxygens (including phenoxy) is 2. The van der Waals surface area contributed by atoms with Crippen LogP contribution in [-0.2, 0) is 19.1 Å². The third-order valence-electron chi connectivity index (χ3n) is 3.97. The lowest BCUT2D eigenvalue weighted by Gasteiger charge is -2.30. The number of piperidine rings is 1. The molecular formula is C17H20ClNO6. The molecule has 7 nitrogen and oxygen atoms in total. The van der Waals surface area contributed by atoms with Crippen molar-refractivity contribution in [3.8, 4) is 5.75 Å². The molecule has 0 aromatic heterocycles. The van der Waals surface area contributed by atoms with Crippen LogP contribution in [0.3, 0.4) is 0 Å². The summed E-state index contributed by atoms with van der Waals surface area (Å²) in [5.41, 5.74) is -0.0960. The molecule has 1 heterocycles. The van der Waals surface area contributed by atoms with E-state index in [0.29, 0.717) is 32.5 Å². The Morgan fingerprint density at radius 1 is 1.24 bits per heavy atom. The molecular weight excluding hydrogens is 350 g/mol. The van der Waals surface area contributed by atoms with Crippen LogP contribution in [0.4, 0.5) is 0 Å². The molecule has 0 radical (unpaired) electrons. The Morgan fingerprint density at radius 3 is 2.56 bits per heavy atom. The summed E-state index contributed by atoms with van der Waals surface area (Å²) in [6, 6.07) is 3.99. The van der Waals surface area contributed by atoms with Gasteiger partial charge in [0.25, 0.3) is 5.91 Å². The van der Waals surface area contributed by atoms with Crippen LogP contribution in [-0.4, -0.2) is 54.2 Å². The summed E-state index contributed by atoms with van der Waals surface area (Å²) < 4.78 is 9.93. The van der Waals surface area contributed by atoms with Gasteiger partial charge in [-0.25, -0.2) is 4.79 Å². The van der Waals surface area contributed by atoms with Crippen LogP contribution >= 0.6 is 11.6 Å². The summed E-state index contributed by atoms with van der Waals surface area (Å²) in [6.45, 7) is 2.46. The number of likely N-dealkylation sites (tertiary alicyclic amines) is 1. The van der Waals surface area contributed by atoms with E-state index in [1.54, 1.807) is 11.8 Å². The van der Waals surface area contributed by atoms with Gasteiger partial charge >= 0.3 is 11.9 Å². The first kappa shape index (κ1) is 19.1. The monoisotopic (exact) mass is 369 g/mol. The van der Waals surface area contributed by atoms with Crippen LogP contribution in [0, 0.1) is 5.92 Å². The third-order valence-corrected chi connectivity index (χ3v) is 4.21. The Bertz CT molecular complexity index is 655. The van der Waals surface area contributed by atoms with Crippen molar-refractivity contribution in [2.75, 3.05) is 26.3 Å². The number of benzene rings is 1. The lowest BCUT2D eigenvalue weighted by atomic mass is 9.97. The minimum atomic E-state index is -0.824. The van der Waals surface area contributed by atoms with Crippen LogP contribution in [0.15, 0.2) is 18.2 Å². The Labute approximate surface area is 150 Å². The van der Waals surface area contributed by atoms with Crippen LogP contribution in [0.5, 0.6) is 5.75 Å². The van der Waals surface area contributed by atoms with Gasteiger partial charge in [-0.3, -0.25) is 9.59 Å². The van der Waals surface area contributed by atoms with Gasteiger partial charge < -0.3 is 19.5 Å². The fourth-order valence-electron chi connectivity index (χ4n) is 2.59. The average molecular weight is 370 g/mol. The molecule has 0 atom stereocenters.